The fourth-order valence-corrected chi connectivity index (χ4v) is 5.32. The maximum atomic E-state index is 13.4. The minimum Gasteiger partial charge on any atom is -0.373 e. The minimum atomic E-state index is -0.271. The van der Waals surface area contributed by atoms with Gasteiger partial charge in [-0.15, -0.1) is 0 Å². The average Bonchev–Trinajstić information content (AvgIpc) is 2.66. The molecule has 1 N–H and O–H groups in total. The van der Waals surface area contributed by atoms with E-state index in [0.717, 1.165) is 34.4 Å². The predicted octanol–water partition coefficient (Wildman–Crippen LogP) is 7.46. The van der Waals surface area contributed by atoms with Crippen LogP contribution in [0.25, 0.3) is 16.3 Å². The van der Waals surface area contributed by atoms with Crippen molar-refractivity contribution >= 4 is 51.0 Å². The van der Waals surface area contributed by atoms with Gasteiger partial charge in [-0.05, 0) is 51.9 Å². The van der Waals surface area contributed by atoms with Gasteiger partial charge in [0.2, 0.25) is 0 Å². The molecular weight excluding hydrogens is 401 g/mol. The lowest BCUT2D eigenvalue weighted by atomic mass is 9.68. The molecule has 1 unspecified atom stereocenters. The Hall–Kier alpha value is -2.29. The first-order valence-corrected chi connectivity index (χ1v) is 10.6. The second kappa shape index (κ2) is 6.62. The lowest BCUT2D eigenvalue weighted by Crippen LogP contribution is -2.33. The van der Waals surface area contributed by atoms with Gasteiger partial charge in [-0.3, -0.25) is 4.79 Å². The number of halogens is 2. The molecule has 3 aromatic rings. The van der Waals surface area contributed by atoms with E-state index in [9.17, 15) is 4.79 Å². The van der Waals surface area contributed by atoms with Gasteiger partial charge in [0.1, 0.15) is 0 Å². The van der Waals surface area contributed by atoms with Gasteiger partial charge in [-0.2, -0.15) is 0 Å². The molecule has 29 heavy (non-hydrogen) atoms. The Kier molecular flexibility index (Phi) is 4.27. The Balaban J connectivity index is 1.81. The normalized spacial score (nSPS) is 20.3. The highest BCUT2D eigenvalue weighted by Crippen LogP contribution is 2.52. The van der Waals surface area contributed by atoms with E-state index in [1.165, 1.54) is 10.8 Å². The maximum Gasteiger partial charge on any atom is 0.162 e. The maximum absolute atomic E-state index is 13.4. The molecule has 2 nitrogen and oxygen atoms in total. The monoisotopic (exact) mass is 421 g/mol. The van der Waals surface area contributed by atoms with Crippen molar-refractivity contribution in [2.45, 2.75) is 32.7 Å². The average molecular weight is 422 g/mol. The molecule has 0 aromatic heterocycles. The van der Waals surface area contributed by atoms with Gasteiger partial charge in [0.15, 0.2) is 5.78 Å². The molecule has 0 saturated carbocycles. The van der Waals surface area contributed by atoms with Crippen LogP contribution in [0.15, 0.2) is 60.2 Å². The molecule has 1 aliphatic carbocycles. The largest absolute Gasteiger partial charge is 0.373 e. The predicted molar refractivity (Wildman–Crippen MR) is 122 cm³/mol. The molecular formula is C25H21Cl2NO. The smallest absolute Gasteiger partial charge is 0.162 e. The number of anilines is 1. The third-order valence-corrected chi connectivity index (χ3v) is 6.58. The van der Waals surface area contributed by atoms with Crippen LogP contribution in [0.3, 0.4) is 0 Å². The highest BCUT2D eigenvalue weighted by molar-refractivity contribution is 6.35. The van der Waals surface area contributed by atoms with Crippen molar-refractivity contribution in [1.82, 2.24) is 0 Å². The second-order valence-electron chi connectivity index (χ2n) is 8.79. The summed E-state index contributed by atoms with van der Waals surface area (Å²) in [4.78, 5) is 13.4. The summed E-state index contributed by atoms with van der Waals surface area (Å²) >= 11 is 12.7. The van der Waals surface area contributed by atoms with E-state index in [-0.39, 0.29) is 17.2 Å². The second-order valence-corrected chi connectivity index (χ2v) is 9.63. The molecule has 0 saturated heterocycles. The summed E-state index contributed by atoms with van der Waals surface area (Å²) in [6.07, 6.45) is 1.40. The molecule has 0 spiro atoms. The summed E-state index contributed by atoms with van der Waals surface area (Å²) in [6, 6.07) is 17.8. The van der Waals surface area contributed by atoms with Gasteiger partial charge in [0.05, 0.1) is 6.04 Å². The topological polar surface area (TPSA) is 29.1 Å². The number of rotatable bonds is 1. The van der Waals surface area contributed by atoms with Gasteiger partial charge in [-0.25, -0.2) is 0 Å². The molecule has 0 fully saturated rings. The number of carbonyl (C=O) groups excluding carboxylic acids is 1. The zero-order valence-electron chi connectivity index (χ0n) is 16.4. The Labute approximate surface area is 180 Å². The van der Waals surface area contributed by atoms with Crippen molar-refractivity contribution in [3.8, 4) is 0 Å². The van der Waals surface area contributed by atoms with Crippen molar-refractivity contribution < 1.29 is 4.79 Å². The highest BCUT2D eigenvalue weighted by Gasteiger charge is 2.41. The zero-order valence-corrected chi connectivity index (χ0v) is 17.9. The SMILES string of the molecule is CC1(C)CC(=O)C2=C(C1)c1c(ccc3ccccc13)NC2c1ccc(Cl)cc1Cl. The molecule has 1 aliphatic heterocycles. The van der Waals surface area contributed by atoms with E-state index < -0.39 is 0 Å². The van der Waals surface area contributed by atoms with Gasteiger partial charge in [-0.1, -0.05) is 73.4 Å². The van der Waals surface area contributed by atoms with E-state index in [1.807, 2.05) is 18.2 Å². The lowest BCUT2D eigenvalue weighted by Gasteiger charge is -2.40. The number of benzene rings is 3. The molecule has 4 heteroatoms. The molecule has 0 amide bonds. The fourth-order valence-electron chi connectivity index (χ4n) is 4.81. The van der Waals surface area contributed by atoms with Crippen molar-refractivity contribution in [1.29, 1.82) is 0 Å². The Morgan fingerprint density at radius 1 is 1.00 bits per heavy atom. The van der Waals surface area contributed by atoms with Crippen LogP contribution in [0.1, 0.15) is 43.9 Å². The van der Waals surface area contributed by atoms with E-state index >= 15 is 0 Å². The summed E-state index contributed by atoms with van der Waals surface area (Å²) in [6.45, 7) is 4.34. The minimum absolute atomic E-state index is 0.0736. The summed E-state index contributed by atoms with van der Waals surface area (Å²) in [5.41, 5.74) is 5.00. The summed E-state index contributed by atoms with van der Waals surface area (Å²) < 4.78 is 0. The fraction of sp³-hybridized carbons (Fsp3) is 0.240. The van der Waals surface area contributed by atoms with Crippen molar-refractivity contribution in [3.63, 3.8) is 0 Å². The third kappa shape index (κ3) is 3.06. The Morgan fingerprint density at radius 3 is 2.59 bits per heavy atom. The Bertz CT molecular complexity index is 1210. The van der Waals surface area contributed by atoms with Crippen LogP contribution < -0.4 is 5.32 Å². The first kappa shape index (κ1) is 18.7. The van der Waals surface area contributed by atoms with Crippen molar-refractivity contribution in [2.24, 2.45) is 5.41 Å². The van der Waals surface area contributed by atoms with Gasteiger partial charge in [0, 0.05) is 33.3 Å². The highest BCUT2D eigenvalue weighted by atomic mass is 35.5. The molecule has 1 heterocycles. The summed E-state index contributed by atoms with van der Waals surface area (Å²) in [5, 5.41) is 7.13. The number of carbonyl (C=O) groups is 1. The quantitative estimate of drug-likeness (QED) is 0.441. The van der Waals surface area contributed by atoms with Gasteiger partial charge < -0.3 is 5.32 Å². The first-order valence-electron chi connectivity index (χ1n) is 9.84. The standard InChI is InChI=1S/C25H21Cl2NO/c1-25(2)12-18-22-16-6-4-3-5-14(16)7-10-20(22)28-24(23(18)21(29)13-25)17-9-8-15(26)11-19(17)27/h3-11,24,28H,12-13H2,1-2H3. The molecule has 3 aromatic carbocycles. The molecule has 0 radical (unpaired) electrons. The van der Waals surface area contributed by atoms with E-state index in [2.05, 4.69) is 49.5 Å². The zero-order chi connectivity index (χ0) is 20.3. The number of Topliss-reactive ketones (excluding diaryl/α,β-unsaturated/α-hetero) is 1. The van der Waals surface area contributed by atoms with Crippen LogP contribution in [-0.4, -0.2) is 5.78 Å². The van der Waals surface area contributed by atoms with E-state index in [4.69, 9.17) is 23.2 Å². The van der Waals surface area contributed by atoms with Crippen LogP contribution in [0.2, 0.25) is 10.0 Å². The number of allylic oxidation sites excluding steroid dienone is 1. The summed E-state index contributed by atoms with van der Waals surface area (Å²) in [5.74, 6) is 0.193. The molecule has 2 aliphatic rings. The lowest BCUT2D eigenvalue weighted by molar-refractivity contribution is -0.118. The summed E-state index contributed by atoms with van der Waals surface area (Å²) in [7, 11) is 0. The first-order chi connectivity index (χ1) is 13.8. The van der Waals surface area contributed by atoms with Crippen LogP contribution in [-0.2, 0) is 4.79 Å². The van der Waals surface area contributed by atoms with Gasteiger partial charge in [0.25, 0.3) is 0 Å². The third-order valence-electron chi connectivity index (χ3n) is 6.01. The van der Waals surface area contributed by atoms with Crippen LogP contribution >= 0.6 is 23.2 Å². The number of fused-ring (bicyclic) bond motifs is 4. The number of hydrogen-bond donors (Lipinski definition) is 1. The number of nitrogens with one attached hydrogen (secondary N) is 1. The molecule has 1 atom stereocenters. The molecule has 146 valence electrons. The Morgan fingerprint density at radius 2 is 1.79 bits per heavy atom. The van der Waals surface area contributed by atoms with Crippen molar-refractivity contribution in [2.75, 3.05) is 5.32 Å². The van der Waals surface area contributed by atoms with Crippen LogP contribution in [0.5, 0.6) is 0 Å². The van der Waals surface area contributed by atoms with Crippen molar-refractivity contribution in [3.05, 3.63) is 81.3 Å². The van der Waals surface area contributed by atoms with Crippen LogP contribution in [0, 0.1) is 5.41 Å². The molecule has 0 bridgehead atoms. The van der Waals surface area contributed by atoms with Gasteiger partial charge >= 0.3 is 0 Å². The van der Waals surface area contributed by atoms with Crippen LogP contribution in [0.4, 0.5) is 5.69 Å². The number of hydrogen-bond acceptors (Lipinski definition) is 2. The van der Waals surface area contributed by atoms with E-state index in [1.54, 1.807) is 6.07 Å². The molecule has 5 rings (SSSR count). The number of ketones is 1. The van der Waals surface area contributed by atoms with E-state index in [0.29, 0.717) is 16.5 Å².